The van der Waals surface area contributed by atoms with Crippen molar-refractivity contribution in [3.8, 4) is 10.8 Å². The van der Waals surface area contributed by atoms with Crippen molar-refractivity contribution in [1.82, 2.24) is 10.3 Å². The lowest BCUT2D eigenvalue weighted by molar-refractivity contribution is 0.0946. The fourth-order valence-corrected chi connectivity index (χ4v) is 3.02. The van der Waals surface area contributed by atoms with Crippen LogP contribution >= 0.6 is 27.3 Å². The molecule has 0 aliphatic carbocycles. The summed E-state index contributed by atoms with van der Waals surface area (Å²) in [4.78, 5) is 16.4. The molecule has 0 saturated heterocycles. The van der Waals surface area contributed by atoms with Gasteiger partial charge in [-0.05, 0) is 29.8 Å². The number of nitrogens with one attached hydrogen (secondary N) is 1. The average molecular weight is 363 g/mol. The van der Waals surface area contributed by atoms with Crippen LogP contribution in [0.25, 0.3) is 10.8 Å². The second-order valence-electron chi connectivity index (χ2n) is 4.33. The first-order valence-electron chi connectivity index (χ1n) is 6.24. The van der Waals surface area contributed by atoms with Crippen LogP contribution in [0.3, 0.4) is 0 Å². The average Bonchev–Trinajstić information content (AvgIpc) is 3.15. The molecule has 1 aromatic carbocycles. The number of thiazole rings is 1. The molecular weight excluding hydrogens is 352 g/mol. The van der Waals surface area contributed by atoms with E-state index in [-0.39, 0.29) is 5.91 Å². The highest BCUT2D eigenvalue weighted by molar-refractivity contribution is 9.10. The van der Waals surface area contributed by atoms with Crippen molar-refractivity contribution in [2.45, 2.75) is 6.54 Å². The molecule has 0 fully saturated rings. The minimum absolute atomic E-state index is 0.191. The number of benzene rings is 1. The van der Waals surface area contributed by atoms with Gasteiger partial charge in [0.25, 0.3) is 5.91 Å². The lowest BCUT2D eigenvalue weighted by atomic mass is 10.2. The topological polar surface area (TPSA) is 55.1 Å². The van der Waals surface area contributed by atoms with Crippen molar-refractivity contribution < 1.29 is 9.21 Å². The first kappa shape index (κ1) is 14.0. The molecule has 2 heterocycles. The number of furan rings is 1. The van der Waals surface area contributed by atoms with Gasteiger partial charge in [-0.1, -0.05) is 28.1 Å². The summed E-state index contributed by atoms with van der Waals surface area (Å²) in [5, 5.41) is 5.29. The van der Waals surface area contributed by atoms with E-state index in [4.69, 9.17) is 4.42 Å². The molecule has 2 aromatic heterocycles. The maximum Gasteiger partial charge on any atom is 0.271 e. The van der Waals surface area contributed by atoms with Crippen LogP contribution in [0.1, 0.15) is 16.1 Å². The van der Waals surface area contributed by atoms with Gasteiger partial charge in [-0.2, -0.15) is 0 Å². The largest absolute Gasteiger partial charge is 0.462 e. The summed E-state index contributed by atoms with van der Waals surface area (Å²) in [7, 11) is 0. The first-order valence-corrected chi connectivity index (χ1v) is 7.92. The third-order valence-corrected chi connectivity index (χ3v) is 4.16. The van der Waals surface area contributed by atoms with Crippen LogP contribution in [0.2, 0.25) is 0 Å². The third-order valence-electron chi connectivity index (χ3n) is 2.81. The molecule has 0 spiro atoms. The van der Waals surface area contributed by atoms with E-state index in [1.54, 1.807) is 17.7 Å². The molecule has 3 rings (SSSR count). The minimum Gasteiger partial charge on any atom is -0.462 e. The molecule has 106 valence electrons. The van der Waals surface area contributed by atoms with Gasteiger partial charge in [0.1, 0.15) is 5.69 Å². The van der Waals surface area contributed by atoms with Crippen molar-refractivity contribution in [2.75, 3.05) is 0 Å². The van der Waals surface area contributed by atoms with Gasteiger partial charge < -0.3 is 9.73 Å². The lowest BCUT2D eigenvalue weighted by Crippen LogP contribution is -2.23. The highest BCUT2D eigenvalue weighted by Gasteiger charge is 2.12. The summed E-state index contributed by atoms with van der Waals surface area (Å²) in [6.45, 7) is 0.464. The Balaban J connectivity index is 1.66. The molecule has 0 aliphatic heterocycles. The maximum atomic E-state index is 12.1. The number of rotatable bonds is 4. The predicted molar refractivity (Wildman–Crippen MR) is 85.1 cm³/mol. The van der Waals surface area contributed by atoms with Crippen molar-refractivity contribution in [3.05, 3.63) is 63.8 Å². The van der Waals surface area contributed by atoms with Gasteiger partial charge >= 0.3 is 0 Å². The Labute approximate surface area is 134 Å². The molecule has 1 amide bonds. The maximum absolute atomic E-state index is 12.1. The van der Waals surface area contributed by atoms with Gasteiger partial charge in [0.15, 0.2) is 10.8 Å². The fraction of sp³-hybridized carbons (Fsp3) is 0.0667. The summed E-state index contributed by atoms with van der Waals surface area (Å²) < 4.78 is 6.25. The molecule has 0 aliphatic rings. The van der Waals surface area contributed by atoms with E-state index >= 15 is 0 Å². The summed E-state index contributed by atoms with van der Waals surface area (Å²) in [6.07, 6.45) is 1.59. The summed E-state index contributed by atoms with van der Waals surface area (Å²) in [5.41, 5.74) is 1.43. The van der Waals surface area contributed by atoms with Crippen LogP contribution in [0.4, 0.5) is 0 Å². The molecular formula is C15H11BrN2O2S. The SMILES string of the molecule is O=C(NCc1cccc(Br)c1)c1csc(-c2ccco2)n1. The number of amides is 1. The third kappa shape index (κ3) is 3.40. The monoisotopic (exact) mass is 362 g/mol. The Morgan fingerprint density at radius 3 is 3.00 bits per heavy atom. The smallest absolute Gasteiger partial charge is 0.271 e. The van der Waals surface area contributed by atoms with Gasteiger partial charge in [0.2, 0.25) is 0 Å². The predicted octanol–water partition coefficient (Wildman–Crippen LogP) is 4.10. The van der Waals surface area contributed by atoms with E-state index in [0.29, 0.717) is 23.0 Å². The molecule has 6 heteroatoms. The zero-order valence-electron chi connectivity index (χ0n) is 10.9. The number of carbonyl (C=O) groups is 1. The van der Waals surface area contributed by atoms with Gasteiger partial charge in [-0.3, -0.25) is 4.79 Å². The quantitative estimate of drug-likeness (QED) is 0.760. The van der Waals surface area contributed by atoms with Crippen molar-refractivity contribution in [2.24, 2.45) is 0 Å². The van der Waals surface area contributed by atoms with E-state index in [2.05, 4.69) is 26.2 Å². The summed E-state index contributed by atoms with van der Waals surface area (Å²) >= 11 is 4.79. The van der Waals surface area contributed by atoms with Gasteiger partial charge in [-0.15, -0.1) is 11.3 Å². The van der Waals surface area contributed by atoms with Crippen LogP contribution in [-0.4, -0.2) is 10.9 Å². The minimum atomic E-state index is -0.191. The van der Waals surface area contributed by atoms with Gasteiger partial charge in [-0.25, -0.2) is 4.98 Å². The first-order chi connectivity index (χ1) is 10.2. The fourth-order valence-electron chi connectivity index (χ4n) is 1.81. The number of carbonyl (C=O) groups excluding carboxylic acids is 1. The van der Waals surface area contributed by atoms with Crippen LogP contribution in [-0.2, 0) is 6.54 Å². The number of halogens is 1. The number of nitrogens with zero attached hydrogens (tertiary/aromatic N) is 1. The Morgan fingerprint density at radius 2 is 2.24 bits per heavy atom. The Morgan fingerprint density at radius 1 is 1.33 bits per heavy atom. The normalized spacial score (nSPS) is 10.5. The molecule has 4 nitrogen and oxygen atoms in total. The molecule has 1 N–H and O–H groups in total. The molecule has 21 heavy (non-hydrogen) atoms. The van der Waals surface area contributed by atoms with Crippen molar-refractivity contribution in [3.63, 3.8) is 0 Å². The highest BCUT2D eigenvalue weighted by Crippen LogP contribution is 2.23. The van der Waals surface area contributed by atoms with E-state index < -0.39 is 0 Å². The van der Waals surface area contributed by atoms with E-state index in [1.165, 1.54) is 11.3 Å². The second kappa shape index (κ2) is 6.24. The molecule has 3 aromatic rings. The summed E-state index contributed by atoms with van der Waals surface area (Å²) in [5.74, 6) is 0.482. The van der Waals surface area contributed by atoms with E-state index in [1.807, 2.05) is 30.3 Å². The van der Waals surface area contributed by atoms with E-state index in [9.17, 15) is 4.79 Å². The summed E-state index contributed by atoms with van der Waals surface area (Å²) in [6, 6.07) is 11.4. The number of hydrogen-bond donors (Lipinski definition) is 1. The Kier molecular flexibility index (Phi) is 4.17. The Hall–Kier alpha value is -1.92. The van der Waals surface area contributed by atoms with Gasteiger partial charge in [0, 0.05) is 16.4 Å². The lowest BCUT2D eigenvalue weighted by Gasteiger charge is -2.03. The number of aromatic nitrogens is 1. The zero-order valence-corrected chi connectivity index (χ0v) is 13.3. The molecule has 0 radical (unpaired) electrons. The van der Waals surface area contributed by atoms with Crippen LogP contribution < -0.4 is 5.32 Å². The van der Waals surface area contributed by atoms with Gasteiger partial charge in [0.05, 0.1) is 6.26 Å². The highest BCUT2D eigenvalue weighted by atomic mass is 79.9. The van der Waals surface area contributed by atoms with Crippen molar-refractivity contribution in [1.29, 1.82) is 0 Å². The second-order valence-corrected chi connectivity index (χ2v) is 6.10. The molecule has 0 saturated carbocycles. The molecule has 0 atom stereocenters. The molecule has 0 bridgehead atoms. The van der Waals surface area contributed by atoms with Crippen LogP contribution in [0, 0.1) is 0 Å². The van der Waals surface area contributed by atoms with Crippen LogP contribution in [0.5, 0.6) is 0 Å². The molecule has 0 unspecified atom stereocenters. The van der Waals surface area contributed by atoms with E-state index in [0.717, 1.165) is 10.0 Å². The standard InChI is InChI=1S/C15H11BrN2O2S/c16-11-4-1-3-10(7-11)8-17-14(19)12-9-21-15(18-12)13-5-2-6-20-13/h1-7,9H,8H2,(H,17,19). The Bertz CT molecular complexity index is 753. The number of hydrogen-bond acceptors (Lipinski definition) is 4. The van der Waals surface area contributed by atoms with Crippen molar-refractivity contribution >= 4 is 33.2 Å². The van der Waals surface area contributed by atoms with Crippen LogP contribution in [0.15, 0.2) is 56.9 Å². The zero-order chi connectivity index (χ0) is 14.7.